The molecule has 2 heterocycles. The highest BCUT2D eigenvalue weighted by atomic mass is 16.1. The fraction of sp³-hybridized carbons (Fsp3) is 0.500. The van der Waals surface area contributed by atoms with E-state index in [1.807, 2.05) is 36.5 Å². The first kappa shape index (κ1) is 18.6. The molecular formula is C20H29N5O. The molecule has 1 aromatic carbocycles. The van der Waals surface area contributed by atoms with Crippen molar-refractivity contribution in [3.8, 4) is 5.69 Å². The zero-order valence-electron chi connectivity index (χ0n) is 15.9. The van der Waals surface area contributed by atoms with Gasteiger partial charge in [0.2, 0.25) is 0 Å². The molecule has 1 unspecified atom stereocenters. The molecule has 140 valence electrons. The molecule has 6 heteroatoms. The van der Waals surface area contributed by atoms with Crippen molar-refractivity contribution in [1.29, 1.82) is 0 Å². The first-order chi connectivity index (χ1) is 12.5. The van der Waals surface area contributed by atoms with Crippen LogP contribution in [-0.2, 0) is 0 Å². The summed E-state index contributed by atoms with van der Waals surface area (Å²) in [6, 6.07) is 9.80. The summed E-state index contributed by atoms with van der Waals surface area (Å²) >= 11 is 0. The Kier molecular flexibility index (Phi) is 6.06. The standard InChI is InChI=1S/C20H29N5O/c1-16(2)19(24-13-11-23(3)12-14-24)15-21-20(26)17-5-7-18(8-6-17)25-10-4-9-22-25/h4-10,16,19H,11-15H2,1-3H3,(H,21,26). The van der Waals surface area contributed by atoms with Crippen LogP contribution in [0.4, 0.5) is 0 Å². The van der Waals surface area contributed by atoms with Gasteiger partial charge in [0.15, 0.2) is 0 Å². The molecule has 1 aromatic heterocycles. The zero-order valence-corrected chi connectivity index (χ0v) is 15.9. The molecule has 1 saturated heterocycles. The number of aromatic nitrogens is 2. The number of benzene rings is 1. The van der Waals surface area contributed by atoms with E-state index in [1.54, 1.807) is 10.9 Å². The monoisotopic (exact) mass is 355 g/mol. The Morgan fingerprint density at radius 2 is 1.85 bits per heavy atom. The Morgan fingerprint density at radius 3 is 2.42 bits per heavy atom. The van der Waals surface area contributed by atoms with Gasteiger partial charge in [-0.3, -0.25) is 9.69 Å². The molecule has 0 spiro atoms. The van der Waals surface area contributed by atoms with E-state index in [0.717, 1.165) is 31.9 Å². The summed E-state index contributed by atoms with van der Waals surface area (Å²) in [5.41, 5.74) is 1.63. The molecular weight excluding hydrogens is 326 g/mol. The number of hydrogen-bond acceptors (Lipinski definition) is 4. The summed E-state index contributed by atoms with van der Waals surface area (Å²) in [4.78, 5) is 17.4. The minimum Gasteiger partial charge on any atom is -0.350 e. The van der Waals surface area contributed by atoms with Crippen molar-refractivity contribution in [1.82, 2.24) is 24.9 Å². The van der Waals surface area contributed by atoms with Gasteiger partial charge in [0.25, 0.3) is 5.91 Å². The number of carbonyl (C=O) groups excluding carboxylic acids is 1. The third kappa shape index (κ3) is 4.51. The summed E-state index contributed by atoms with van der Waals surface area (Å²) in [5, 5.41) is 7.33. The molecule has 1 atom stereocenters. The van der Waals surface area contributed by atoms with Crippen molar-refractivity contribution in [3.63, 3.8) is 0 Å². The van der Waals surface area contributed by atoms with Gasteiger partial charge in [0.05, 0.1) is 5.69 Å². The van der Waals surface area contributed by atoms with Gasteiger partial charge in [-0.1, -0.05) is 13.8 Å². The summed E-state index contributed by atoms with van der Waals surface area (Å²) in [6.07, 6.45) is 3.63. The van der Waals surface area contributed by atoms with Gasteiger partial charge >= 0.3 is 0 Å². The maximum Gasteiger partial charge on any atom is 0.251 e. The minimum absolute atomic E-state index is 0.0169. The zero-order chi connectivity index (χ0) is 18.5. The molecule has 1 fully saturated rings. The highest BCUT2D eigenvalue weighted by Crippen LogP contribution is 2.14. The third-order valence-electron chi connectivity index (χ3n) is 5.15. The van der Waals surface area contributed by atoms with Crippen molar-refractivity contribution in [2.75, 3.05) is 39.8 Å². The van der Waals surface area contributed by atoms with Crippen LogP contribution >= 0.6 is 0 Å². The number of nitrogens with one attached hydrogen (secondary N) is 1. The van der Waals surface area contributed by atoms with Gasteiger partial charge in [0.1, 0.15) is 0 Å². The highest BCUT2D eigenvalue weighted by molar-refractivity contribution is 5.94. The lowest BCUT2D eigenvalue weighted by Crippen LogP contribution is -2.54. The van der Waals surface area contributed by atoms with Crippen LogP contribution < -0.4 is 5.32 Å². The summed E-state index contributed by atoms with van der Waals surface area (Å²) in [7, 11) is 2.16. The average Bonchev–Trinajstić information content (AvgIpc) is 3.18. The lowest BCUT2D eigenvalue weighted by Gasteiger charge is -2.39. The van der Waals surface area contributed by atoms with Crippen LogP contribution in [0.2, 0.25) is 0 Å². The lowest BCUT2D eigenvalue weighted by molar-refractivity contribution is 0.0791. The van der Waals surface area contributed by atoms with Crippen molar-refractivity contribution in [2.45, 2.75) is 19.9 Å². The van der Waals surface area contributed by atoms with Crippen LogP contribution in [0, 0.1) is 5.92 Å². The molecule has 1 aliphatic rings. The normalized spacial score (nSPS) is 17.4. The Balaban J connectivity index is 1.58. The number of nitrogens with zero attached hydrogens (tertiary/aromatic N) is 4. The van der Waals surface area contributed by atoms with E-state index in [9.17, 15) is 4.79 Å². The number of hydrogen-bond donors (Lipinski definition) is 1. The SMILES string of the molecule is CC(C)C(CNC(=O)c1ccc(-n2cccn2)cc1)N1CCN(C)CC1. The molecule has 26 heavy (non-hydrogen) atoms. The van der Waals surface area contributed by atoms with Crippen molar-refractivity contribution in [3.05, 3.63) is 48.3 Å². The van der Waals surface area contributed by atoms with Crippen LogP contribution in [0.5, 0.6) is 0 Å². The summed E-state index contributed by atoms with van der Waals surface area (Å²) in [5.74, 6) is 0.484. The Bertz CT molecular complexity index is 688. The van der Waals surface area contributed by atoms with Crippen molar-refractivity contribution in [2.24, 2.45) is 5.92 Å². The second-order valence-corrected chi connectivity index (χ2v) is 7.36. The second-order valence-electron chi connectivity index (χ2n) is 7.36. The molecule has 0 saturated carbocycles. The largest absolute Gasteiger partial charge is 0.350 e. The fourth-order valence-corrected chi connectivity index (χ4v) is 3.43. The number of piperazine rings is 1. The summed E-state index contributed by atoms with van der Waals surface area (Å²) in [6.45, 7) is 9.45. The van der Waals surface area contributed by atoms with Gasteiger partial charge < -0.3 is 10.2 Å². The van der Waals surface area contributed by atoms with Crippen LogP contribution in [0.3, 0.4) is 0 Å². The van der Waals surface area contributed by atoms with E-state index < -0.39 is 0 Å². The predicted molar refractivity (Wildman–Crippen MR) is 104 cm³/mol. The van der Waals surface area contributed by atoms with Gasteiger partial charge in [-0.2, -0.15) is 5.10 Å². The van der Waals surface area contributed by atoms with E-state index in [2.05, 4.69) is 41.1 Å². The van der Waals surface area contributed by atoms with E-state index in [-0.39, 0.29) is 5.91 Å². The van der Waals surface area contributed by atoms with E-state index in [0.29, 0.717) is 24.1 Å². The van der Waals surface area contributed by atoms with Crippen molar-refractivity contribution < 1.29 is 4.79 Å². The topological polar surface area (TPSA) is 53.4 Å². The molecule has 1 aliphatic heterocycles. The summed E-state index contributed by atoms with van der Waals surface area (Å²) < 4.78 is 1.78. The van der Waals surface area contributed by atoms with E-state index >= 15 is 0 Å². The van der Waals surface area contributed by atoms with Crippen LogP contribution in [0.25, 0.3) is 5.69 Å². The Labute approximate surface area is 155 Å². The molecule has 6 nitrogen and oxygen atoms in total. The lowest BCUT2D eigenvalue weighted by atomic mass is 10.0. The molecule has 0 aliphatic carbocycles. The van der Waals surface area contributed by atoms with Crippen molar-refractivity contribution >= 4 is 5.91 Å². The Morgan fingerprint density at radius 1 is 1.15 bits per heavy atom. The van der Waals surface area contributed by atoms with Crippen LogP contribution in [0.1, 0.15) is 24.2 Å². The highest BCUT2D eigenvalue weighted by Gasteiger charge is 2.25. The second kappa shape index (κ2) is 8.47. The number of carbonyl (C=O) groups is 1. The quantitative estimate of drug-likeness (QED) is 0.860. The smallest absolute Gasteiger partial charge is 0.251 e. The molecule has 1 amide bonds. The maximum absolute atomic E-state index is 12.5. The number of rotatable bonds is 6. The molecule has 2 aromatic rings. The average molecular weight is 355 g/mol. The number of amides is 1. The first-order valence-electron chi connectivity index (χ1n) is 9.35. The van der Waals surface area contributed by atoms with Gasteiger partial charge in [-0.05, 0) is 43.3 Å². The predicted octanol–water partition coefficient (Wildman–Crippen LogP) is 1.87. The van der Waals surface area contributed by atoms with E-state index in [1.165, 1.54) is 0 Å². The van der Waals surface area contributed by atoms with Gasteiger partial charge in [-0.15, -0.1) is 0 Å². The molecule has 1 N–H and O–H groups in total. The Hall–Kier alpha value is -2.18. The number of likely N-dealkylation sites (N-methyl/N-ethyl adjacent to an activating group) is 1. The van der Waals surface area contributed by atoms with E-state index in [4.69, 9.17) is 0 Å². The maximum atomic E-state index is 12.5. The molecule has 0 bridgehead atoms. The molecule has 3 rings (SSSR count). The van der Waals surface area contributed by atoms with Gasteiger partial charge in [0, 0.05) is 56.7 Å². The minimum atomic E-state index is -0.0169. The van der Waals surface area contributed by atoms with Crippen LogP contribution in [-0.4, -0.2) is 71.3 Å². The van der Waals surface area contributed by atoms with Crippen LogP contribution in [0.15, 0.2) is 42.7 Å². The van der Waals surface area contributed by atoms with Gasteiger partial charge in [-0.25, -0.2) is 4.68 Å². The third-order valence-corrected chi connectivity index (χ3v) is 5.15. The molecule has 0 radical (unpaired) electrons. The first-order valence-corrected chi connectivity index (χ1v) is 9.35. The fourth-order valence-electron chi connectivity index (χ4n) is 3.43.